The fraction of sp³-hybridized carbons (Fsp3) is 0.333. The van der Waals surface area contributed by atoms with Crippen molar-refractivity contribution in [2.45, 2.75) is 0 Å². The van der Waals surface area contributed by atoms with Crippen molar-refractivity contribution in [3.63, 3.8) is 0 Å². The van der Waals surface area contributed by atoms with E-state index in [9.17, 15) is 5.11 Å². The summed E-state index contributed by atoms with van der Waals surface area (Å²) in [5.41, 5.74) is 5.35. The highest BCUT2D eigenvalue weighted by Gasteiger charge is 2.02. The molecule has 13 heavy (non-hydrogen) atoms. The third-order valence-electron chi connectivity index (χ3n) is 1.52. The first-order valence-electron chi connectivity index (χ1n) is 3.81. The fourth-order valence-electron chi connectivity index (χ4n) is 0.947. The highest BCUT2D eigenvalue weighted by molar-refractivity contribution is 6.15. The highest BCUT2D eigenvalue weighted by atomic mass is 35.5. The second-order valence-corrected chi connectivity index (χ2v) is 2.72. The van der Waals surface area contributed by atoms with Gasteiger partial charge in [0.05, 0.1) is 5.69 Å². The van der Waals surface area contributed by atoms with E-state index in [1.165, 1.54) is 6.38 Å². The lowest BCUT2D eigenvalue weighted by atomic mass is 10.2. The summed E-state index contributed by atoms with van der Waals surface area (Å²) in [4.78, 5) is 1.86. The minimum Gasteiger partial charge on any atom is -0.506 e. The molecule has 0 aliphatic heterocycles. The van der Waals surface area contributed by atoms with Crippen molar-refractivity contribution in [3.05, 3.63) is 18.2 Å². The van der Waals surface area contributed by atoms with E-state index in [1.807, 2.05) is 31.1 Å². The molecule has 74 valence electrons. The van der Waals surface area contributed by atoms with Crippen LogP contribution in [0.2, 0.25) is 0 Å². The van der Waals surface area contributed by atoms with E-state index in [-0.39, 0.29) is 5.75 Å². The second-order valence-electron chi connectivity index (χ2n) is 2.72. The van der Waals surface area contributed by atoms with Crippen LogP contribution in [0.3, 0.4) is 0 Å². The monoisotopic (exact) mass is 203 g/mol. The SMILES string of the molecule is CCl.CN(C)c1ccc([NH3+])cc1O. The Hall–Kier alpha value is -0.930. The topological polar surface area (TPSA) is 51.1 Å². The third-order valence-corrected chi connectivity index (χ3v) is 1.52. The maximum atomic E-state index is 9.38. The zero-order valence-corrected chi connectivity index (χ0v) is 8.97. The van der Waals surface area contributed by atoms with Crippen LogP contribution in [0, 0.1) is 0 Å². The van der Waals surface area contributed by atoms with E-state index >= 15 is 0 Å². The van der Waals surface area contributed by atoms with Crippen LogP contribution in [0.4, 0.5) is 11.4 Å². The Balaban J connectivity index is 0.000000671. The van der Waals surface area contributed by atoms with Gasteiger partial charge in [0.25, 0.3) is 0 Å². The van der Waals surface area contributed by atoms with Crippen LogP contribution in [0.25, 0.3) is 0 Å². The average molecular weight is 204 g/mol. The first-order chi connectivity index (χ1) is 6.11. The van der Waals surface area contributed by atoms with E-state index in [0.717, 1.165) is 11.4 Å². The van der Waals surface area contributed by atoms with Crippen LogP contribution < -0.4 is 10.6 Å². The van der Waals surface area contributed by atoms with Gasteiger partial charge < -0.3 is 15.7 Å². The average Bonchev–Trinajstić information content (AvgIpc) is 2.07. The molecular weight excluding hydrogens is 188 g/mol. The van der Waals surface area contributed by atoms with Gasteiger partial charge in [0, 0.05) is 32.6 Å². The standard InChI is InChI=1S/C8H12N2O.CH3Cl/c1-10(2)7-4-3-6(9)5-8(7)11;1-2/h3-5,11H,9H2,1-2H3;1H3/p+1. The van der Waals surface area contributed by atoms with Gasteiger partial charge in [-0.05, 0) is 6.07 Å². The van der Waals surface area contributed by atoms with E-state index < -0.39 is 0 Å². The van der Waals surface area contributed by atoms with Crippen LogP contribution in [-0.4, -0.2) is 25.6 Å². The molecule has 4 N–H and O–H groups in total. The van der Waals surface area contributed by atoms with Crippen molar-refractivity contribution >= 4 is 23.0 Å². The van der Waals surface area contributed by atoms with Crippen molar-refractivity contribution in [2.24, 2.45) is 0 Å². The van der Waals surface area contributed by atoms with E-state index in [4.69, 9.17) is 0 Å². The van der Waals surface area contributed by atoms with Crippen LogP contribution in [-0.2, 0) is 0 Å². The quantitative estimate of drug-likeness (QED) is 0.674. The van der Waals surface area contributed by atoms with Crippen LogP contribution in [0.5, 0.6) is 5.75 Å². The number of halogens is 1. The van der Waals surface area contributed by atoms with Gasteiger partial charge in [-0.15, -0.1) is 11.6 Å². The molecule has 0 spiro atoms. The summed E-state index contributed by atoms with van der Waals surface area (Å²) in [5.74, 6) is 0.280. The lowest BCUT2D eigenvalue weighted by Crippen LogP contribution is -2.39. The number of anilines is 1. The summed E-state index contributed by atoms with van der Waals surface area (Å²) < 4.78 is 0. The molecule has 0 radical (unpaired) electrons. The molecule has 1 aromatic carbocycles. The Morgan fingerprint density at radius 3 is 2.23 bits per heavy atom. The van der Waals surface area contributed by atoms with Gasteiger partial charge in [-0.25, -0.2) is 0 Å². The Morgan fingerprint density at radius 2 is 1.85 bits per heavy atom. The van der Waals surface area contributed by atoms with Gasteiger partial charge in [-0.2, -0.15) is 0 Å². The summed E-state index contributed by atoms with van der Waals surface area (Å²) in [6.07, 6.45) is 1.47. The Morgan fingerprint density at radius 1 is 1.31 bits per heavy atom. The van der Waals surface area contributed by atoms with Gasteiger partial charge in [0.2, 0.25) is 0 Å². The number of hydrogen-bond acceptors (Lipinski definition) is 2. The number of phenolic OH excluding ortho intramolecular Hbond substituents is 1. The van der Waals surface area contributed by atoms with Crippen molar-refractivity contribution in [3.8, 4) is 5.75 Å². The van der Waals surface area contributed by atoms with Gasteiger partial charge in [-0.1, -0.05) is 0 Å². The molecule has 0 aromatic heterocycles. The third kappa shape index (κ3) is 3.53. The fourth-order valence-corrected chi connectivity index (χ4v) is 0.947. The second kappa shape index (κ2) is 5.67. The molecule has 1 rings (SSSR count). The Kier molecular flexibility index (Phi) is 5.26. The number of benzene rings is 1. The molecule has 0 aliphatic rings. The number of phenols is 1. The largest absolute Gasteiger partial charge is 0.506 e. The maximum Gasteiger partial charge on any atom is 0.144 e. The van der Waals surface area contributed by atoms with E-state index in [2.05, 4.69) is 17.3 Å². The molecule has 0 bridgehead atoms. The number of quaternary nitrogens is 1. The van der Waals surface area contributed by atoms with Gasteiger partial charge in [-0.3, -0.25) is 0 Å². The molecule has 0 heterocycles. The predicted molar refractivity (Wildman–Crippen MR) is 56.8 cm³/mol. The van der Waals surface area contributed by atoms with E-state index in [0.29, 0.717) is 0 Å². The summed E-state index contributed by atoms with van der Waals surface area (Å²) in [7, 11) is 3.77. The Labute approximate surface area is 83.7 Å². The first-order valence-corrected chi connectivity index (χ1v) is 4.57. The molecular formula is C9H16ClN2O+. The van der Waals surface area contributed by atoms with Crippen LogP contribution in [0.1, 0.15) is 0 Å². The molecule has 3 nitrogen and oxygen atoms in total. The molecule has 0 saturated carbocycles. The molecule has 0 aliphatic carbocycles. The lowest BCUT2D eigenvalue weighted by Gasteiger charge is -2.13. The van der Waals surface area contributed by atoms with Crippen molar-refractivity contribution in [1.29, 1.82) is 0 Å². The lowest BCUT2D eigenvalue weighted by molar-refractivity contribution is -0.254. The zero-order valence-electron chi connectivity index (χ0n) is 8.21. The minimum atomic E-state index is 0.280. The maximum absolute atomic E-state index is 9.38. The summed E-state index contributed by atoms with van der Waals surface area (Å²) >= 11 is 4.64. The normalized spacial score (nSPS) is 8.69. The molecule has 1 aromatic rings. The number of nitrogens with zero attached hydrogens (tertiary/aromatic N) is 1. The molecule has 4 heteroatoms. The number of hydrogen-bond donors (Lipinski definition) is 2. The molecule has 0 fully saturated rings. The molecule has 0 atom stereocenters. The van der Waals surface area contributed by atoms with Crippen molar-refractivity contribution < 1.29 is 10.8 Å². The summed E-state index contributed by atoms with van der Waals surface area (Å²) in [6.45, 7) is 0. The van der Waals surface area contributed by atoms with Crippen LogP contribution in [0.15, 0.2) is 18.2 Å². The molecule has 0 saturated heterocycles. The van der Waals surface area contributed by atoms with Gasteiger partial charge in [0.1, 0.15) is 11.4 Å². The Bertz CT molecular complexity index is 264. The smallest absolute Gasteiger partial charge is 0.144 e. The van der Waals surface area contributed by atoms with E-state index in [1.54, 1.807) is 6.07 Å². The van der Waals surface area contributed by atoms with Crippen molar-refractivity contribution in [1.82, 2.24) is 0 Å². The number of aromatic hydroxyl groups is 1. The minimum absolute atomic E-state index is 0.280. The van der Waals surface area contributed by atoms with Gasteiger partial charge >= 0.3 is 0 Å². The van der Waals surface area contributed by atoms with Gasteiger partial charge in [0.15, 0.2) is 0 Å². The summed E-state index contributed by atoms with van der Waals surface area (Å²) in [5, 5.41) is 9.38. The predicted octanol–water partition coefficient (Wildman–Crippen LogP) is 1.19. The molecule has 0 amide bonds. The summed E-state index contributed by atoms with van der Waals surface area (Å²) in [6, 6.07) is 5.36. The highest BCUT2D eigenvalue weighted by Crippen LogP contribution is 2.26. The number of rotatable bonds is 1. The van der Waals surface area contributed by atoms with Crippen molar-refractivity contribution in [2.75, 3.05) is 25.4 Å². The first kappa shape index (κ1) is 12.1. The van der Waals surface area contributed by atoms with Crippen LogP contribution >= 0.6 is 11.6 Å². The zero-order chi connectivity index (χ0) is 10.4. The molecule has 0 unspecified atom stereocenters. The number of alkyl halides is 1.